The molecule has 7 nitrogen and oxygen atoms in total. The van der Waals surface area contributed by atoms with Crippen molar-refractivity contribution in [3.05, 3.63) is 53.1 Å². The van der Waals surface area contributed by atoms with Crippen LogP contribution in [0.2, 0.25) is 0 Å². The molecule has 1 aliphatic heterocycles. The van der Waals surface area contributed by atoms with Crippen molar-refractivity contribution in [1.29, 1.82) is 0 Å². The Bertz CT molecular complexity index is 704. The van der Waals surface area contributed by atoms with Crippen molar-refractivity contribution in [2.24, 2.45) is 11.5 Å². The smallest absolute Gasteiger partial charge is 0.250 e. The standard InChI is InChI=1S/C13H13ClN2O5S/c1-8-2-4-9(5-3-8)11-7-6-10(12(15)17)13(16)22(11)21-14(18,19)20/h2-7H,16H2,1H3,(H2,15,17). The highest BCUT2D eigenvalue weighted by Gasteiger charge is 2.32. The fourth-order valence-corrected chi connectivity index (χ4v) is 4.10. The molecule has 118 valence electrons. The molecule has 2 rings (SSSR count). The normalized spacial score (nSPS) is 18.8. The predicted octanol–water partition coefficient (Wildman–Crippen LogP) is -2.05. The van der Waals surface area contributed by atoms with Crippen LogP contribution >= 0.6 is 10.8 Å². The Morgan fingerprint density at radius 1 is 1.18 bits per heavy atom. The van der Waals surface area contributed by atoms with Crippen molar-refractivity contribution in [2.45, 2.75) is 6.92 Å². The summed E-state index contributed by atoms with van der Waals surface area (Å²) in [7, 11) is -6.45. The third-order valence-corrected chi connectivity index (χ3v) is 5.32. The molecule has 1 unspecified atom stereocenters. The highest BCUT2D eigenvalue weighted by molar-refractivity contribution is 8.20. The Kier molecular flexibility index (Phi) is 4.83. The number of carbonyl (C=O) groups excluding carboxylic acids is 1. The van der Waals surface area contributed by atoms with Crippen LogP contribution in [-0.2, 0) is 8.53 Å². The minimum atomic E-state index is -4.72. The number of benzene rings is 1. The molecule has 1 aromatic carbocycles. The number of rotatable bonds is 4. The Balaban J connectivity index is 2.56. The molecule has 1 heterocycles. The van der Waals surface area contributed by atoms with Crippen LogP contribution in [0.3, 0.4) is 0 Å². The minimum Gasteiger partial charge on any atom is -0.366 e. The van der Waals surface area contributed by atoms with Crippen molar-refractivity contribution in [3.63, 3.8) is 0 Å². The van der Waals surface area contributed by atoms with Gasteiger partial charge >= 0.3 is 0 Å². The van der Waals surface area contributed by atoms with E-state index in [4.69, 9.17) is 11.5 Å². The van der Waals surface area contributed by atoms with E-state index in [0.717, 1.165) is 5.56 Å². The molecule has 1 atom stereocenters. The maximum atomic E-state index is 11.3. The van der Waals surface area contributed by atoms with Crippen LogP contribution in [0.4, 0.5) is 0 Å². The van der Waals surface area contributed by atoms with Gasteiger partial charge in [-0.1, -0.05) is 29.8 Å². The summed E-state index contributed by atoms with van der Waals surface area (Å²) in [6.07, 6.45) is 2.83. The highest BCUT2D eigenvalue weighted by atomic mass is 35.7. The highest BCUT2D eigenvalue weighted by Crippen LogP contribution is 2.40. The quantitative estimate of drug-likeness (QED) is 0.600. The Morgan fingerprint density at radius 2 is 1.77 bits per heavy atom. The van der Waals surface area contributed by atoms with E-state index >= 15 is 0 Å². The minimum absolute atomic E-state index is 0.0851. The Hall–Kier alpha value is -1.52. The molecule has 0 radical (unpaired) electrons. The molecule has 1 aromatic rings. The maximum Gasteiger partial charge on any atom is 0.250 e. The number of nitrogens with two attached hydrogens (primary N) is 2. The Morgan fingerprint density at radius 3 is 2.27 bits per heavy atom. The van der Waals surface area contributed by atoms with Gasteiger partial charge in [0.15, 0.2) is 10.8 Å². The summed E-state index contributed by atoms with van der Waals surface area (Å²) in [6, 6.07) is 7.08. The number of carbonyl (C=O) groups is 1. The first kappa shape index (κ1) is 16.8. The van der Waals surface area contributed by atoms with E-state index < -0.39 is 26.9 Å². The number of allylic oxidation sites excluding steroid dienone is 2. The van der Waals surface area contributed by atoms with Crippen LogP contribution in [0.15, 0.2) is 42.0 Å². The molecule has 0 fully saturated rings. The summed E-state index contributed by atoms with van der Waals surface area (Å²) in [5.74, 6) is -0.835. The monoisotopic (exact) mass is 344 g/mol. The molecule has 0 spiro atoms. The van der Waals surface area contributed by atoms with Gasteiger partial charge in [-0.2, -0.15) is 14.0 Å². The van der Waals surface area contributed by atoms with Crippen molar-refractivity contribution in [3.8, 4) is 0 Å². The van der Waals surface area contributed by atoms with Crippen LogP contribution < -0.4 is 25.4 Å². The lowest BCUT2D eigenvalue weighted by molar-refractivity contribution is -1.91. The zero-order chi connectivity index (χ0) is 16.5. The summed E-state index contributed by atoms with van der Waals surface area (Å²) in [5.41, 5.74) is 12.5. The van der Waals surface area contributed by atoms with E-state index in [0.29, 0.717) is 10.5 Å². The lowest BCUT2D eigenvalue weighted by Crippen LogP contribution is -2.60. The van der Waals surface area contributed by atoms with E-state index in [1.165, 1.54) is 12.2 Å². The summed E-state index contributed by atoms with van der Waals surface area (Å²) in [4.78, 5) is 11.5. The maximum absolute atomic E-state index is 11.3. The van der Waals surface area contributed by atoms with Crippen LogP contribution in [-0.4, -0.2) is 10.9 Å². The van der Waals surface area contributed by atoms with E-state index in [1.807, 2.05) is 19.1 Å². The van der Waals surface area contributed by atoms with Gasteiger partial charge in [0.2, 0.25) is 0 Å². The molecule has 0 aromatic heterocycles. The summed E-state index contributed by atoms with van der Waals surface area (Å²) in [6.45, 7) is 1.89. The van der Waals surface area contributed by atoms with E-state index in [1.54, 1.807) is 12.1 Å². The van der Waals surface area contributed by atoms with Gasteiger partial charge in [0, 0.05) is 0 Å². The number of hydrogen-bond acceptors (Lipinski definition) is 6. The van der Waals surface area contributed by atoms with Crippen molar-refractivity contribution < 1.29 is 32.8 Å². The van der Waals surface area contributed by atoms with Gasteiger partial charge in [0.05, 0.1) is 25.7 Å². The van der Waals surface area contributed by atoms with Crippen LogP contribution in [0.25, 0.3) is 4.91 Å². The zero-order valence-corrected chi connectivity index (χ0v) is 13.0. The second-order valence-corrected chi connectivity index (χ2v) is 7.09. The second-order valence-electron chi connectivity index (χ2n) is 4.42. The van der Waals surface area contributed by atoms with Crippen molar-refractivity contribution >= 4 is 26.6 Å². The third kappa shape index (κ3) is 3.81. The topological polar surface area (TPSA) is 148 Å². The average molecular weight is 345 g/mol. The molecule has 22 heavy (non-hydrogen) atoms. The number of primary amides is 1. The lowest BCUT2D eigenvalue weighted by Gasteiger charge is -2.19. The van der Waals surface area contributed by atoms with Gasteiger partial charge in [-0.05, 0) is 24.6 Å². The van der Waals surface area contributed by atoms with E-state index in [2.05, 4.69) is 3.74 Å². The first-order valence-electron chi connectivity index (χ1n) is 5.96. The first-order chi connectivity index (χ1) is 10.2. The molecule has 0 saturated heterocycles. The van der Waals surface area contributed by atoms with Gasteiger partial charge in [-0.25, -0.2) is 0 Å². The number of aryl methyl sites for hydroxylation is 1. The molecular formula is C13H13ClN2O5S. The molecular weight excluding hydrogens is 332 g/mol. The van der Waals surface area contributed by atoms with Gasteiger partial charge in [-0.3, -0.25) is 10.5 Å². The molecule has 4 N–H and O–H groups in total. The van der Waals surface area contributed by atoms with Crippen molar-refractivity contribution in [2.75, 3.05) is 0 Å². The molecule has 0 bridgehead atoms. The van der Waals surface area contributed by atoms with E-state index in [-0.39, 0.29) is 10.6 Å². The summed E-state index contributed by atoms with van der Waals surface area (Å²) < 4.78 is 37.3. The lowest BCUT2D eigenvalue weighted by atomic mass is 10.1. The number of hydrogen-bond donors (Lipinski definition) is 2. The largest absolute Gasteiger partial charge is 0.366 e. The van der Waals surface area contributed by atoms with Crippen LogP contribution in [0, 0.1) is 17.2 Å². The fourth-order valence-electron chi connectivity index (χ4n) is 1.79. The van der Waals surface area contributed by atoms with Gasteiger partial charge < -0.3 is 5.73 Å². The molecule has 1 aliphatic rings. The predicted molar refractivity (Wildman–Crippen MR) is 74.3 cm³/mol. The number of amides is 1. The molecule has 1 amide bonds. The summed E-state index contributed by atoms with van der Waals surface area (Å²) in [5, 5.41) is 0. The third-order valence-electron chi connectivity index (χ3n) is 2.81. The zero-order valence-electron chi connectivity index (χ0n) is 11.4. The number of halogens is 1. The second kappa shape index (κ2) is 6.31. The summed E-state index contributed by atoms with van der Waals surface area (Å²) >= 11 is 0. The van der Waals surface area contributed by atoms with Gasteiger partial charge in [-0.15, -0.1) is 0 Å². The van der Waals surface area contributed by atoms with Crippen LogP contribution in [0.5, 0.6) is 0 Å². The Labute approximate surface area is 131 Å². The molecule has 9 heteroatoms. The van der Waals surface area contributed by atoms with E-state index in [9.17, 15) is 18.8 Å². The first-order valence-corrected chi connectivity index (χ1v) is 8.34. The van der Waals surface area contributed by atoms with Crippen molar-refractivity contribution in [1.82, 2.24) is 0 Å². The van der Waals surface area contributed by atoms with Crippen LogP contribution in [0.1, 0.15) is 11.1 Å². The van der Waals surface area contributed by atoms with Gasteiger partial charge in [0.1, 0.15) is 3.74 Å². The SMILES string of the molecule is Cc1ccc(C2=CC=C(C(N)=O)C(N)=S2O[Cl+3]([O-])([O-])[O-])cc1. The molecule has 0 aliphatic carbocycles. The van der Waals surface area contributed by atoms with Gasteiger partial charge in [0.25, 0.3) is 5.91 Å². The average Bonchev–Trinajstić information content (AvgIpc) is 2.40. The fraction of sp³-hybridized carbons (Fsp3) is 0.0769. The molecule has 0 saturated carbocycles.